The van der Waals surface area contributed by atoms with E-state index in [2.05, 4.69) is 84.7 Å². The summed E-state index contributed by atoms with van der Waals surface area (Å²) in [5, 5.41) is 49.1. The lowest BCUT2D eigenvalue weighted by atomic mass is 9.98. The molecule has 0 radical (unpaired) electrons. The van der Waals surface area contributed by atoms with Gasteiger partial charge in [-0.25, -0.2) is 4.79 Å². The van der Waals surface area contributed by atoms with E-state index in [-0.39, 0.29) is 45.2 Å². The number of carbonyl (C=O) groups is 17. The van der Waals surface area contributed by atoms with Crippen LogP contribution in [0.5, 0.6) is 0 Å². The van der Waals surface area contributed by atoms with E-state index in [4.69, 9.17) is 32.1 Å². The highest BCUT2D eigenvalue weighted by Gasteiger charge is 2.45. The summed E-state index contributed by atoms with van der Waals surface area (Å²) in [6.45, 7) is 13.5. The number of likely N-dealkylation sites (tertiary alicyclic amines) is 1. The number of aliphatic hydroxyl groups is 1. The van der Waals surface area contributed by atoms with Crippen LogP contribution in [-0.2, 0) is 116 Å². The third kappa shape index (κ3) is 32.2. The highest BCUT2D eigenvalue weighted by atomic mass is 79.9. The van der Waals surface area contributed by atoms with Crippen LogP contribution in [0.15, 0.2) is 89.5 Å². The molecule has 0 saturated carbocycles. The molecule has 3 heterocycles. The largest absolute Gasteiger partial charge is 0.459 e. The van der Waals surface area contributed by atoms with E-state index in [1.165, 1.54) is 18.0 Å². The molecule has 2 saturated heterocycles. The summed E-state index contributed by atoms with van der Waals surface area (Å²) in [5.74, 6) is -21.8. The number of para-hydroxylation sites is 1. The van der Waals surface area contributed by atoms with Crippen molar-refractivity contribution in [1.82, 2.24) is 83.5 Å². The third-order valence-corrected chi connectivity index (χ3v) is 21.9. The summed E-state index contributed by atoms with van der Waals surface area (Å²) in [6.07, 6.45) is -6.36. The van der Waals surface area contributed by atoms with Gasteiger partial charge in [0, 0.05) is 74.4 Å². The summed E-state index contributed by atoms with van der Waals surface area (Å²) < 4.78 is 48.4. The van der Waals surface area contributed by atoms with Gasteiger partial charge in [-0.15, -0.1) is 0 Å². The van der Waals surface area contributed by atoms with Crippen LogP contribution >= 0.6 is 15.9 Å². The van der Waals surface area contributed by atoms with E-state index in [9.17, 15) is 75.6 Å². The number of benzene rings is 3. The number of H-pyrrole nitrogens is 1. The predicted octanol–water partition coefficient (Wildman–Crippen LogP) is -3.07. The number of cyclic esters (lactones) is 1. The lowest BCUT2D eigenvalue weighted by Gasteiger charge is -2.34. The Morgan fingerprint density at radius 2 is 1.26 bits per heavy atom. The van der Waals surface area contributed by atoms with Crippen LogP contribution < -0.4 is 81.0 Å². The molecular formula is C82H117BrN20O23S. The van der Waals surface area contributed by atoms with Gasteiger partial charge in [0.05, 0.1) is 12.5 Å². The number of nitrogens with zero attached hydrogens (tertiary/aromatic N) is 3. The minimum atomic E-state index is -5.45. The summed E-state index contributed by atoms with van der Waals surface area (Å²) in [5.41, 5.74) is 17.7. The highest BCUT2D eigenvalue weighted by Crippen LogP contribution is 2.25. The van der Waals surface area contributed by atoms with E-state index in [0.717, 1.165) is 32.4 Å². The maximum absolute atomic E-state index is 15.3. The Kier molecular flexibility index (Phi) is 38.5. The van der Waals surface area contributed by atoms with Crippen molar-refractivity contribution in [3.05, 3.63) is 106 Å². The topological polar surface area (TPSA) is 655 Å². The number of hydrogen-bond donors (Lipinski definition) is 19. The Morgan fingerprint density at radius 1 is 0.669 bits per heavy atom. The normalized spacial score (nSPS) is 20.1. The van der Waals surface area contributed by atoms with Crippen molar-refractivity contribution in [3.63, 3.8) is 0 Å². The zero-order chi connectivity index (χ0) is 94.8. The first-order chi connectivity index (χ1) is 59.4. The van der Waals surface area contributed by atoms with Crippen molar-refractivity contribution in [1.29, 1.82) is 5.41 Å². The molecule has 2 fully saturated rings. The fraction of sp³-hybridized carbons (Fsp3) is 0.537. The second-order valence-electron chi connectivity index (χ2n) is 32.9. The standard InChI is InChI=1S/C82H117BrN20O23S/c1-41(2)63(98-75(116)64(42(3)4)97-73(114)59-25-19-33-103(59)78(119)55(35-47-26-28-49(83)29-27-47)94-67(108)43(5)90-81(121)126-82(8,9)10)74(115)93-54(36-48-38-89-51-23-17-16-22-50(48)51)69(110)91-52(24-18-32-88-80(86)87)68(109)96-57(40-127(122,123)124)71(112)100-66-45(7)125-62(107)39-101(11)77(118)56(37-61(85)106)95-76(117)65(44(6)104)99-70(111)53(34-46-20-14-13-15-21-46)92-72(113)58(30-31-60(84)105)102(12)79(66)120/h13-17,20-23,26-29,38,41-45,52-59,63-66,89,104H,18-19,24-25,30-37,39-40H2,1-12H3,(H2,84,105)(H2,85,106)(H,90,121)(H,91,110)(H,92,113)(H,93,115)(H,94,108)(H,95,117)(H,96,109)(H,97,114)(H,98,116)(H,99,111)(H,100,112)(H4,86,87,88)(H,122,123,124)/t43-,44-,45?,52+,53-,54-,55+,56?,57+,58?,59+,63+,64-,65+,66?/m1/s1. The number of aliphatic hydroxyl groups excluding tert-OH is 1. The van der Waals surface area contributed by atoms with Gasteiger partial charge in [0.25, 0.3) is 10.1 Å². The van der Waals surface area contributed by atoms with Gasteiger partial charge in [0.2, 0.25) is 88.6 Å². The van der Waals surface area contributed by atoms with E-state index in [0.29, 0.717) is 43.8 Å². The molecule has 6 rings (SSSR count). The molecule has 15 atom stereocenters. The molecule has 1 aromatic heterocycles. The van der Waals surface area contributed by atoms with Crippen molar-refractivity contribution in [2.45, 2.75) is 230 Å². The van der Waals surface area contributed by atoms with Gasteiger partial charge in [-0.2, -0.15) is 8.42 Å². The number of hydrogen-bond acceptors (Lipinski definition) is 23. The number of carbonyl (C=O) groups excluding carboxylic acids is 17. The Morgan fingerprint density at radius 3 is 1.87 bits per heavy atom. The van der Waals surface area contributed by atoms with Crippen LogP contribution in [0, 0.1) is 17.2 Å². The second kappa shape index (κ2) is 47.3. The SMILES string of the molecule is CC1OC(=O)CN(C)C(=O)C(CC(N)=O)NC(=O)[C@H]([C@@H](C)O)NC(=O)[C@@H](Cc2ccccc2)NC(=O)C(CCC(N)=O)N(C)C(=O)C1NC(=O)[C@H](CS(=O)(=O)O)NC(=O)[C@H](CCCNC(=N)N)NC(=O)[C@@H](Cc1c[nH]c2ccccc12)NC(=O)[C@@H](NC(=O)[C@H](NC(=O)[C@@H]1CCCN1C(=O)[C@H](Cc1ccc(Br)cc1)NC(=O)[C@@H](C)NC(=O)OC(C)(C)C)C(C)C)C(C)C. The molecule has 4 aromatic rings. The fourth-order valence-corrected chi connectivity index (χ4v) is 14.9. The summed E-state index contributed by atoms with van der Waals surface area (Å²) >= 11 is 3.40. The number of rotatable bonds is 36. The van der Waals surface area contributed by atoms with Gasteiger partial charge >= 0.3 is 12.1 Å². The number of nitrogens with one attached hydrogen (secondary N) is 14. The Balaban J connectivity index is 1.34. The third-order valence-electron chi connectivity index (χ3n) is 20.7. The van der Waals surface area contributed by atoms with Gasteiger partial charge in [-0.3, -0.25) is 86.7 Å². The second-order valence-corrected chi connectivity index (χ2v) is 35.4. The number of guanidine groups is 1. The van der Waals surface area contributed by atoms with Gasteiger partial charge in [-0.05, 0) is 120 Å². The zero-order valence-electron chi connectivity index (χ0n) is 72.6. The first-order valence-corrected chi connectivity index (χ1v) is 43.5. The molecular weight excluding hydrogens is 1740 g/mol. The summed E-state index contributed by atoms with van der Waals surface area (Å²) in [7, 11) is -3.48. The number of ether oxygens (including phenoxy) is 2. The van der Waals surface area contributed by atoms with Gasteiger partial charge in [-0.1, -0.05) is 104 Å². The van der Waals surface area contributed by atoms with Crippen LogP contribution in [0.1, 0.15) is 131 Å². The van der Waals surface area contributed by atoms with Crippen LogP contribution in [0.3, 0.4) is 0 Å². The number of nitrogens with two attached hydrogens (primary N) is 3. The Bertz CT molecular complexity index is 4780. The molecule has 127 heavy (non-hydrogen) atoms. The Hall–Kier alpha value is -12.4. The maximum Gasteiger partial charge on any atom is 0.408 e. The number of fused-ring (bicyclic) bond motifs is 1. The fourth-order valence-electron chi connectivity index (χ4n) is 14.0. The lowest BCUT2D eigenvalue weighted by molar-refractivity contribution is -0.158. The van der Waals surface area contributed by atoms with Crippen LogP contribution in [0.4, 0.5) is 4.79 Å². The monoisotopic (exact) mass is 1860 g/mol. The van der Waals surface area contributed by atoms with E-state index < -0.39 is 263 Å². The smallest absolute Gasteiger partial charge is 0.408 e. The Labute approximate surface area is 742 Å². The molecule has 0 spiro atoms. The highest BCUT2D eigenvalue weighted by molar-refractivity contribution is 9.10. The molecule has 0 aliphatic carbocycles. The lowest BCUT2D eigenvalue weighted by Crippen LogP contribution is -2.63. The number of primary amides is 2. The number of aromatic amines is 1. The van der Waals surface area contributed by atoms with E-state index in [1.807, 2.05) is 0 Å². The van der Waals surface area contributed by atoms with Crippen LogP contribution in [0.25, 0.3) is 10.9 Å². The first-order valence-electron chi connectivity index (χ1n) is 41.1. The molecule has 696 valence electrons. The number of likely N-dealkylation sites (N-methyl/N-ethyl adjacent to an activating group) is 2. The summed E-state index contributed by atoms with van der Waals surface area (Å²) in [6, 6.07) is -0.948. The number of halogens is 1. The predicted molar refractivity (Wildman–Crippen MR) is 462 cm³/mol. The molecule has 4 unspecified atom stereocenters. The van der Waals surface area contributed by atoms with E-state index in [1.54, 1.807) is 127 Å². The zero-order valence-corrected chi connectivity index (χ0v) is 75.0. The number of esters is 1. The number of alkyl carbamates (subject to hydrolysis) is 1. The van der Waals surface area contributed by atoms with Crippen molar-refractivity contribution in [2.75, 3.05) is 39.5 Å². The average molecular weight is 1860 g/mol. The quantitative estimate of drug-likeness (QED) is 0.00706. The van der Waals surface area contributed by atoms with Crippen molar-refractivity contribution >= 4 is 144 Å². The average Bonchev–Trinajstić information content (AvgIpc) is 1.78. The van der Waals surface area contributed by atoms with Gasteiger partial charge < -0.3 is 115 Å². The van der Waals surface area contributed by atoms with Crippen molar-refractivity contribution < 1.29 is 109 Å². The minimum Gasteiger partial charge on any atom is -0.459 e. The molecule has 22 N–H and O–H groups in total. The van der Waals surface area contributed by atoms with Crippen molar-refractivity contribution in [2.24, 2.45) is 29.0 Å². The molecule has 0 bridgehead atoms. The first kappa shape index (κ1) is 103. The molecule has 2 aliphatic rings. The van der Waals surface area contributed by atoms with Crippen LogP contribution in [0.2, 0.25) is 0 Å². The minimum absolute atomic E-state index is 0.0479. The summed E-state index contributed by atoms with van der Waals surface area (Å²) in [4.78, 5) is 249. The molecule has 45 heteroatoms. The van der Waals surface area contributed by atoms with Crippen LogP contribution in [-0.4, -0.2) is 280 Å². The van der Waals surface area contributed by atoms with Gasteiger partial charge in [0.15, 0.2) is 5.96 Å². The maximum atomic E-state index is 15.3. The van der Waals surface area contributed by atoms with Crippen molar-refractivity contribution in [3.8, 4) is 0 Å². The molecule has 16 amide bonds. The number of amides is 16. The number of aromatic nitrogens is 1. The molecule has 3 aromatic carbocycles. The molecule has 43 nitrogen and oxygen atoms in total. The molecule has 2 aliphatic heterocycles. The van der Waals surface area contributed by atoms with Gasteiger partial charge in [0.1, 0.15) is 103 Å². The van der Waals surface area contributed by atoms with E-state index >= 15 is 24.0 Å².